The Morgan fingerprint density at radius 3 is 1.65 bits per heavy atom. The molecule has 0 spiro atoms. The predicted molar refractivity (Wildman–Crippen MR) is 47.7 cm³/mol. The number of nitrogens with zero attached hydrogens (tertiary/aromatic N) is 1. The second kappa shape index (κ2) is 5.01. The van der Waals surface area contributed by atoms with Crippen LogP contribution in [0.4, 0.5) is 26.3 Å². The van der Waals surface area contributed by atoms with Crippen LogP contribution in [0.3, 0.4) is 0 Å². The van der Waals surface area contributed by atoms with Crippen LogP contribution in [0.15, 0.2) is 0 Å². The lowest BCUT2D eigenvalue weighted by Gasteiger charge is -2.29. The summed E-state index contributed by atoms with van der Waals surface area (Å²) >= 11 is 0. The maximum Gasteiger partial charge on any atom is 0.426 e. The number of rotatable bonds is 6. The summed E-state index contributed by atoms with van der Waals surface area (Å²) in [5.74, 6) is -5.94. The molecule has 3 nitrogen and oxygen atoms in total. The molecule has 0 aromatic heterocycles. The molecule has 0 saturated carbocycles. The molecule has 0 aliphatic heterocycles. The highest BCUT2D eigenvalue weighted by Gasteiger charge is 2.71. The number of hydrogen-bond donors (Lipinski definition) is 0. The summed E-state index contributed by atoms with van der Waals surface area (Å²) in [5, 5.41) is -5.85. The van der Waals surface area contributed by atoms with Gasteiger partial charge in [-0.1, -0.05) is 13.8 Å². The molecule has 17 heavy (non-hydrogen) atoms. The Morgan fingerprint density at radius 2 is 1.41 bits per heavy atom. The van der Waals surface area contributed by atoms with Crippen molar-refractivity contribution in [2.24, 2.45) is 0 Å². The van der Waals surface area contributed by atoms with Crippen molar-refractivity contribution in [1.82, 2.24) is 4.31 Å². The van der Waals surface area contributed by atoms with Gasteiger partial charge < -0.3 is 0 Å². The van der Waals surface area contributed by atoms with Crippen LogP contribution in [-0.2, 0) is 10.0 Å². The number of alkyl halides is 6. The molecule has 0 aliphatic carbocycles. The van der Waals surface area contributed by atoms with E-state index >= 15 is 0 Å². The minimum absolute atomic E-state index is 0.00326. The van der Waals surface area contributed by atoms with Gasteiger partial charge in [0.1, 0.15) is 0 Å². The molecule has 104 valence electrons. The van der Waals surface area contributed by atoms with Crippen LogP contribution in [0.5, 0.6) is 0 Å². The zero-order chi connectivity index (χ0) is 14.1. The van der Waals surface area contributed by atoms with Crippen molar-refractivity contribution in [2.75, 3.05) is 13.1 Å². The average molecular weight is 287 g/mol. The Kier molecular flexibility index (Phi) is 4.86. The van der Waals surface area contributed by atoms with Crippen molar-refractivity contribution in [3.63, 3.8) is 0 Å². The molecule has 0 aromatic carbocycles. The Morgan fingerprint density at radius 1 is 1.06 bits per heavy atom. The van der Waals surface area contributed by atoms with Gasteiger partial charge in [0.15, 0.2) is 0 Å². The summed E-state index contributed by atoms with van der Waals surface area (Å²) in [6, 6.07) is 0. The van der Waals surface area contributed by atoms with Gasteiger partial charge in [0, 0.05) is 13.1 Å². The van der Waals surface area contributed by atoms with Gasteiger partial charge in [0.2, 0.25) is 0 Å². The quantitative estimate of drug-likeness (QED) is 0.702. The lowest BCUT2D eigenvalue weighted by atomic mass is 10.4. The van der Waals surface area contributed by atoms with Crippen molar-refractivity contribution in [3.05, 3.63) is 0 Å². The third-order valence-corrected chi connectivity index (χ3v) is 4.15. The van der Waals surface area contributed by atoms with Gasteiger partial charge in [-0.25, -0.2) is 17.2 Å². The third kappa shape index (κ3) is 2.51. The van der Waals surface area contributed by atoms with E-state index in [1.807, 2.05) is 0 Å². The summed E-state index contributed by atoms with van der Waals surface area (Å²) in [5.41, 5.74) is 0. The van der Waals surface area contributed by atoms with E-state index in [-0.39, 0.29) is 4.31 Å². The molecule has 0 rings (SSSR count). The van der Waals surface area contributed by atoms with Crippen molar-refractivity contribution in [2.45, 2.75) is 31.5 Å². The van der Waals surface area contributed by atoms with Crippen molar-refractivity contribution >= 4 is 10.0 Å². The Bertz CT molecular complexity index is 351. The Labute approximate surface area is 94.4 Å². The maximum absolute atomic E-state index is 13.0. The van der Waals surface area contributed by atoms with Crippen LogP contribution in [-0.4, -0.2) is 43.4 Å². The molecule has 0 saturated heterocycles. The summed E-state index contributed by atoms with van der Waals surface area (Å²) in [6.07, 6.45) is -4.78. The standard InChI is InChI=1S/C7H11F6NO2S/c1-3-14(4-2)17(15,16)7(12,13)6(10,11)5(8)9/h5H,3-4H2,1-2H3. The summed E-state index contributed by atoms with van der Waals surface area (Å²) in [6.45, 7) is 1.21. The van der Waals surface area contributed by atoms with E-state index in [1.54, 1.807) is 0 Å². The molecule has 0 unspecified atom stereocenters. The van der Waals surface area contributed by atoms with Gasteiger partial charge in [0.25, 0.3) is 10.0 Å². The fraction of sp³-hybridized carbons (Fsp3) is 1.00. The highest BCUT2D eigenvalue weighted by atomic mass is 32.2. The van der Waals surface area contributed by atoms with Crippen LogP contribution in [0.2, 0.25) is 0 Å². The first kappa shape index (κ1) is 16.5. The second-order valence-electron chi connectivity index (χ2n) is 3.03. The smallest absolute Gasteiger partial charge is 0.206 e. The zero-order valence-corrected chi connectivity index (χ0v) is 9.75. The molecule has 0 atom stereocenters. The van der Waals surface area contributed by atoms with Crippen molar-refractivity contribution in [1.29, 1.82) is 0 Å². The first-order valence-electron chi connectivity index (χ1n) is 4.50. The minimum atomic E-state index is -5.94. The van der Waals surface area contributed by atoms with E-state index in [1.165, 1.54) is 0 Å². The normalized spacial score (nSPS) is 14.7. The molecule has 0 fully saturated rings. The molecule has 0 bridgehead atoms. The van der Waals surface area contributed by atoms with Crippen LogP contribution < -0.4 is 0 Å². The third-order valence-electron chi connectivity index (χ3n) is 2.03. The van der Waals surface area contributed by atoms with E-state index in [4.69, 9.17) is 0 Å². The van der Waals surface area contributed by atoms with E-state index in [9.17, 15) is 34.8 Å². The molecule has 10 heteroatoms. The van der Waals surface area contributed by atoms with Crippen LogP contribution in [0, 0.1) is 0 Å². The highest BCUT2D eigenvalue weighted by Crippen LogP contribution is 2.43. The van der Waals surface area contributed by atoms with Gasteiger partial charge >= 0.3 is 17.6 Å². The Hall–Kier alpha value is -0.510. The number of sulfonamides is 1. The van der Waals surface area contributed by atoms with Crippen molar-refractivity contribution in [3.8, 4) is 0 Å². The summed E-state index contributed by atoms with van der Waals surface area (Å²) < 4.78 is 96.9. The SMILES string of the molecule is CCN(CC)S(=O)(=O)C(F)(F)C(F)(F)C(F)F. The summed E-state index contributed by atoms with van der Waals surface area (Å²) in [4.78, 5) is 0. The van der Waals surface area contributed by atoms with Gasteiger partial charge in [-0.15, -0.1) is 0 Å². The fourth-order valence-electron chi connectivity index (χ4n) is 1.02. The van der Waals surface area contributed by atoms with Crippen molar-refractivity contribution < 1.29 is 34.8 Å². The molecule has 0 heterocycles. The molecule has 0 N–H and O–H groups in total. The highest BCUT2D eigenvalue weighted by molar-refractivity contribution is 7.90. The van der Waals surface area contributed by atoms with E-state index in [2.05, 4.69) is 0 Å². The van der Waals surface area contributed by atoms with Gasteiger partial charge in [-0.2, -0.15) is 21.9 Å². The summed E-state index contributed by atoms with van der Waals surface area (Å²) in [7, 11) is -5.83. The number of halogens is 6. The topological polar surface area (TPSA) is 37.4 Å². The first-order chi connectivity index (χ1) is 7.46. The van der Waals surface area contributed by atoms with Gasteiger partial charge in [0.05, 0.1) is 0 Å². The molecular weight excluding hydrogens is 276 g/mol. The minimum Gasteiger partial charge on any atom is -0.206 e. The second-order valence-corrected chi connectivity index (χ2v) is 5.01. The lowest BCUT2D eigenvalue weighted by molar-refractivity contribution is -0.226. The van der Waals surface area contributed by atoms with E-state index in [0.717, 1.165) is 13.8 Å². The molecular formula is C7H11F6NO2S. The molecule has 0 aliphatic rings. The Balaban J connectivity index is 5.61. The monoisotopic (exact) mass is 287 g/mol. The first-order valence-corrected chi connectivity index (χ1v) is 5.94. The van der Waals surface area contributed by atoms with Gasteiger partial charge in [-0.3, -0.25) is 0 Å². The zero-order valence-electron chi connectivity index (χ0n) is 8.93. The van der Waals surface area contributed by atoms with Crippen LogP contribution >= 0.6 is 0 Å². The van der Waals surface area contributed by atoms with Crippen LogP contribution in [0.1, 0.15) is 13.8 Å². The van der Waals surface area contributed by atoms with E-state index in [0.29, 0.717) is 0 Å². The number of hydrogen-bond acceptors (Lipinski definition) is 2. The maximum atomic E-state index is 13.0. The van der Waals surface area contributed by atoms with Crippen LogP contribution in [0.25, 0.3) is 0 Å². The fourth-order valence-corrected chi connectivity index (χ4v) is 2.46. The molecule has 0 radical (unpaired) electrons. The largest absolute Gasteiger partial charge is 0.426 e. The van der Waals surface area contributed by atoms with Gasteiger partial charge in [-0.05, 0) is 0 Å². The van der Waals surface area contributed by atoms with E-state index < -0.39 is 40.7 Å². The molecule has 0 amide bonds. The predicted octanol–water partition coefficient (Wildman–Crippen LogP) is 2.15. The lowest BCUT2D eigenvalue weighted by Crippen LogP contribution is -2.56. The average Bonchev–Trinajstić information content (AvgIpc) is 2.18. The molecule has 0 aromatic rings.